The minimum atomic E-state index is -0.486. The van der Waals surface area contributed by atoms with Gasteiger partial charge in [0.25, 0.3) is 0 Å². The summed E-state index contributed by atoms with van der Waals surface area (Å²) in [6, 6.07) is 79.8. The van der Waals surface area contributed by atoms with Crippen LogP contribution in [0.4, 0.5) is 17.1 Å². The summed E-state index contributed by atoms with van der Waals surface area (Å²) in [5.41, 5.74) is 23.6. The van der Waals surface area contributed by atoms with E-state index in [2.05, 4.69) is 259 Å². The van der Waals surface area contributed by atoms with Crippen molar-refractivity contribution in [2.75, 3.05) is 4.90 Å². The third-order valence-corrected chi connectivity index (χ3v) is 16.6. The van der Waals surface area contributed by atoms with Gasteiger partial charge in [0.1, 0.15) is 0 Å². The summed E-state index contributed by atoms with van der Waals surface area (Å²) in [5.74, 6) is 0. The van der Waals surface area contributed by atoms with E-state index in [4.69, 9.17) is 0 Å². The van der Waals surface area contributed by atoms with Crippen molar-refractivity contribution in [3.8, 4) is 55.6 Å². The first-order chi connectivity index (χ1) is 31.5. The Bertz CT molecular complexity index is 3190. The second-order valence-electron chi connectivity index (χ2n) is 20.1. The molecule has 0 unspecified atom stereocenters. The molecule has 65 heavy (non-hydrogen) atoms. The molecule has 12 rings (SSSR count). The number of nitrogens with zero attached hydrogens (tertiary/aromatic N) is 1. The molecule has 314 valence electrons. The standard InChI is InChI=1S/C64H53N/c1-61(2)57-38-33-46(39-59(57)62(3,4)63(61,5)6)52-40-53-51-25-15-18-28-56(51)64(54-26-16-13-23-49(54)50-24-14-17-27-55(50)64)58(53)41-60(52)65(47-34-29-44(30-35-47)42-19-9-7-10-20-42)48-36-31-45(32-37-48)43-21-11-8-12-22-43/h7-41H,1-6H3. The fraction of sp³-hybridized carbons (Fsp3) is 0.156. The Morgan fingerprint density at radius 1 is 0.277 bits per heavy atom. The van der Waals surface area contributed by atoms with Gasteiger partial charge in [0.05, 0.1) is 11.1 Å². The molecule has 0 radical (unpaired) electrons. The molecule has 0 saturated heterocycles. The van der Waals surface area contributed by atoms with Gasteiger partial charge in [-0.2, -0.15) is 0 Å². The first kappa shape index (κ1) is 39.4. The van der Waals surface area contributed by atoms with E-state index in [1.165, 1.54) is 89.0 Å². The highest BCUT2D eigenvalue weighted by atomic mass is 15.1. The topological polar surface area (TPSA) is 3.24 Å². The summed E-state index contributed by atoms with van der Waals surface area (Å²) in [6.45, 7) is 14.7. The van der Waals surface area contributed by atoms with Gasteiger partial charge in [-0.05, 0) is 136 Å². The number of rotatable bonds is 6. The van der Waals surface area contributed by atoms with Crippen LogP contribution in [0.25, 0.3) is 55.6 Å². The van der Waals surface area contributed by atoms with E-state index < -0.39 is 5.41 Å². The Labute approximate surface area is 384 Å². The number of fused-ring (bicyclic) bond motifs is 11. The SMILES string of the molecule is CC1(C)c2ccc(-c3cc4c(cc3N(c3ccc(-c5ccccc5)cc3)c3ccc(-c5ccccc5)cc3)C3(c5ccccc5-c5ccccc53)c3ccccc3-4)cc2C(C)(C)C1(C)C. The third-order valence-electron chi connectivity index (χ3n) is 16.6. The van der Waals surface area contributed by atoms with Gasteiger partial charge in [-0.25, -0.2) is 0 Å². The Morgan fingerprint density at radius 3 is 1.17 bits per heavy atom. The molecule has 9 aromatic carbocycles. The lowest BCUT2D eigenvalue weighted by molar-refractivity contribution is 0.125. The number of hydrogen-bond acceptors (Lipinski definition) is 1. The average Bonchev–Trinajstić information content (AvgIpc) is 3.84. The number of benzene rings is 9. The zero-order chi connectivity index (χ0) is 44.3. The van der Waals surface area contributed by atoms with Crippen LogP contribution < -0.4 is 4.90 Å². The zero-order valence-electron chi connectivity index (χ0n) is 38.2. The molecule has 0 heterocycles. The van der Waals surface area contributed by atoms with Crippen LogP contribution in [0, 0.1) is 5.41 Å². The first-order valence-corrected chi connectivity index (χ1v) is 23.3. The molecule has 0 saturated carbocycles. The summed E-state index contributed by atoms with van der Waals surface area (Å²) < 4.78 is 0. The van der Waals surface area contributed by atoms with Crippen molar-refractivity contribution in [3.63, 3.8) is 0 Å². The van der Waals surface area contributed by atoms with Crippen LogP contribution in [0.1, 0.15) is 74.9 Å². The third kappa shape index (κ3) is 5.45. The van der Waals surface area contributed by atoms with E-state index in [1.54, 1.807) is 0 Å². The second kappa shape index (κ2) is 14.1. The van der Waals surface area contributed by atoms with Gasteiger partial charge in [0.15, 0.2) is 0 Å². The average molecular weight is 836 g/mol. The van der Waals surface area contributed by atoms with Gasteiger partial charge in [0.2, 0.25) is 0 Å². The van der Waals surface area contributed by atoms with Crippen molar-refractivity contribution < 1.29 is 0 Å². The van der Waals surface area contributed by atoms with Crippen molar-refractivity contribution in [1.82, 2.24) is 0 Å². The van der Waals surface area contributed by atoms with Crippen molar-refractivity contribution in [2.45, 2.75) is 57.8 Å². The largest absolute Gasteiger partial charge is 0.310 e. The molecule has 0 aromatic heterocycles. The fourth-order valence-electron chi connectivity index (χ4n) is 12.1. The van der Waals surface area contributed by atoms with Crippen LogP contribution in [-0.2, 0) is 16.2 Å². The summed E-state index contributed by atoms with van der Waals surface area (Å²) in [4.78, 5) is 2.52. The molecule has 1 nitrogen and oxygen atoms in total. The molecular formula is C64H53N. The highest BCUT2D eigenvalue weighted by Gasteiger charge is 2.57. The predicted octanol–water partition coefficient (Wildman–Crippen LogP) is 17.1. The van der Waals surface area contributed by atoms with Gasteiger partial charge in [-0.3, -0.25) is 0 Å². The number of hydrogen-bond donors (Lipinski definition) is 0. The van der Waals surface area contributed by atoms with E-state index in [0.29, 0.717) is 0 Å². The van der Waals surface area contributed by atoms with E-state index in [1.807, 2.05) is 0 Å². The Hall–Kier alpha value is -7.22. The van der Waals surface area contributed by atoms with Crippen LogP contribution in [0.2, 0.25) is 0 Å². The quantitative estimate of drug-likeness (QED) is 0.161. The predicted molar refractivity (Wildman–Crippen MR) is 274 cm³/mol. The molecule has 3 aliphatic rings. The maximum atomic E-state index is 2.58. The van der Waals surface area contributed by atoms with Crippen LogP contribution in [0.5, 0.6) is 0 Å². The van der Waals surface area contributed by atoms with Crippen molar-refractivity contribution >= 4 is 17.1 Å². The molecule has 0 amide bonds. The highest BCUT2D eigenvalue weighted by Crippen LogP contribution is 2.65. The molecular weight excluding hydrogens is 783 g/mol. The molecule has 0 aliphatic heterocycles. The summed E-state index contributed by atoms with van der Waals surface area (Å²) in [6.07, 6.45) is 0. The Kier molecular flexibility index (Phi) is 8.57. The van der Waals surface area contributed by atoms with Crippen molar-refractivity contribution in [1.29, 1.82) is 0 Å². The van der Waals surface area contributed by atoms with E-state index in [9.17, 15) is 0 Å². The molecule has 0 fully saturated rings. The molecule has 1 heteroatoms. The molecule has 3 aliphatic carbocycles. The fourth-order valence-corrected chi connectivity index (χ4v) is 12.1. The Balaban J connectivity index is 1.17. The minimum Gasteiger partial charge on any atom is -0.310 e. The van der Waals surface area contributed by atoms with Gasteiger partial charge in [0, 0.05) is 16.9 Å². The molecule has 0 atom stereocenters. The summed E-state index contributed by atoms with van der Waals surface area (Å²) in [5, 5.41) is 0. The van der Waals surface area contributed by atoms with Gasteiger partial charge >= 0.3 is 0 Å². The lowest BCUT2D eigenvalue weighted by atomic mass is 9.59. The molecule has 9 aromatic rings. The summed E-state index contributed by atoms with van der Waals surface area (Å²) in [7, 11) is 0. The normalized spacial score (nSPS) is 16.0. The Morgan fingerprint density at radius 2 is 0.677 bits per heavy atom. The van der Waals surface area contributed by atoms with E-state index in [-0.39, 0.29) is 16.2 Å². The highest BCUT2D eigenvalue weighted by molar-refractivity contribution is 6.00. The lowest BCUT2D eigenvalue weighted by Crippen LogP contribution is -2.42. The monoisotopic (exact) mass is 835 g/mol. The van der Waals surface area contributed by atoms with Crippen LogP contribution in [-0.4, -0.2) is 0 Å². The summed E-state index contributed by atoms with van der Waals surface area (Å²) >= 11 is 0. The van der Waals surface area contributed by atoms with Gasteiger partial charge in [-0.15, -0.1) is 0 Å². The lowest BCUT2D eigenvalue weighted by Gasteiger charge is -2.44. The first-order valence-electron chi connectivity index (χ1n) is 23.3. The number of anilines is 3. The van der Waals surface area contributed by atoms with E-state index in [0.717, 1.165) is 17.1 Å². The second-order valence-corrected chi connectivity index (χ2v) is 20.1. The van der Waals surface area contributed by atoms with Gasteiger partial charge in [-0.1, -0.05) is 217 Å². The molecule has 0 bridgehead atoms. The van der Waals surface area contributed by atoms with Crippen LogP contribution in [0.3, 0.4) is 0 Å². The van der Waals surface area contributed by atoms with Crippen LogP contribution >= 0.6 is 0 Å². The van der Waals surface area contributed by atoms with Crippen molar-refractivity contribution in [3.05, 3.63) is 246 Å². The zero-order valence-corrected chi connectivity index (χ0v) is 38.2. The minimum absolute atomic E-state index is 0.00669. The van der Waals surface area contributed by atoms with Crippen molar-refractivity contribution in [2.24, 2.45) is 5.41 Å². The van der Waals surface area contributed by atoms with E-state index >= 15 is 0 Å². The smallest absolute Gasteiger partial charge is 0.0726 e. The van der Waals surface area contributed by atoms with Gasteiger partial charge < -0.3 is 4.90 Å². The molecule has 1 spiro atoms. The molecule has 0 N–H and O–H groups in total. The maximum absolute atomic E-state index is 2.58. The maximum Gasteiger partial charge on any atom is 0.0726 e. The van der Waals surface area contributed by atoms with Crippen LogP contribution in [0.15, 0.2) is 212 Å².